The Balaban J connectivity index is 2.09. The second-order valence-electron chi connectivity index (χ2n) is 6.84. The van der Waals surface area contributed by atoms with E-state index >= 15 is 0 Å². The molecule has 0 aliphatic rings. The zero-order valence-corrected chi connectivity index (χ0v) is 16.9. The second kappa shape index (κ2) is 11.3. The quantitative estimate of drug-likeness (QED) is 0.396. The van der Waals surface area contributed by atoms with Crippen molar-refractivity contribution in [3.8, 4) is 11.5 Å². The van der Waals surface area contributed by atoms with Crippen LogP contribution in [0.5, 0.6) is 11.5 Å². The molecule has 2 nitrogen and oxygen atoms in total. The summed E-state index contributed by atoms with van der Waals surface area (Å²) in [6.45, 7) is 9.04. The minimum Gasteiger partial charge on any atom is -0.496 e. The van der Waals surface area contributed by atoms with Crippen molar-refractivity contribution in [1.82, 2.24) is 0 Å². The van der Waals surface area contributed by atoms with Crippen LogP contribution in [0.25, 0.3) is 18.2 Å². The third-order valence-corrected chi connectivity index (χ3v) is 4.86. The molecule has 2 aromatic rings. The Hall–Kier alpha value is -2.48. The minimum absolute atomic E-state index is 0.620. The highest BCUT2D eigenvalue weighted by atomic mass is 16.5. The molecule has 2 heteroatoms. The molecular formula is C25H32O2. The molecule has 0 saturated carbocycles. The molecule has 144 valence electrons. The Bertz CT molecular complexity index is 728. The van der Waals surface area contributed by atoms with Crippen LogP contribution < -0.4 is 9.47 Å². The summed E-state index contributed by atoms with van der Waals surface area (Å²) in [5, 5.41) is 0. The Labute approximate surface area is 164 Å². The topological polar surface area (TPSA) is 18.5 Å². The van der Waals surface area contributed by atoms with E-state index in [1.54, 1.807) is 7.11 Å². The Kier molecular flexibility index (Phi) is 8.70. The lowest BCUT2D eigenvalue weighted by Crippen LogP contribution is -2.11. The third kappa shape index (κ3) is 6.63. The summed E-state index contributed by atoms with van der Waals surface area (Å²) in [5.74, 6) is 2.36. The normalized spacial score (nSPS) is 12.1. The van der Waals surface area contributed by atoms with Gasteiger partial charge in [0, 0.05) is 5.56 Å². The molecule has 0 fully saturated rings. The van der Waals surface area contributed by atoms with Gasteiger partial charge in [-0.05, 0) is 41.7 Å². The lowest BCUT2D eigenvalue weighted by Gasteiger charge is -2.16. The van der Waals surface area contributed by atoms with Gasteiger partial charge in [0.15, 0.2) is 0 Å². The molecule has 2 rings (SSSR count). The van der Waals surface area contributed by atoms with Crippen molar-refractivity contribution < 1.29 is 9.47 Å². The van der Waals surface area contributed by atoms with Crippen LogP contribution in [0.4, 0.5) is 0 Å². The molecule has 1 atom stereocenters. The highest BCUT2D eigenvalue weighted by Crippen LogP contribution is 2.27. The van der Waals surface area contributed by atoms with E-state index in [1.807, 2.05) is 18.2 Å². The van der Waals surface area contributed by atoms with Gasteiger partial charge in [-0.3, -0.25) is 0 Å². The van der Waals surface area contributed by atoms with Crippen LogP contribution in [0.15, 0.2) is 49.0 Å². The lowest BCUT2D eigenvalue weighted by atomic mass is 10.0. The zero-order valence-electron chi connectivity index (χ0n) is 16.9. The van der Waals surface area contributed by atoms with Gasteiger partial charge in [0.25, 0.3) is 0 Å². The van der Waals surface area contributed by atoms with E-state index in [9.17, 15) is 0 Å². The molecule has 0 aliphatic heterocycles. The molecule has 2 aromatic carbocycles. The van der Waals surface area contributed by atoms with Crippen LogP contribution in [0.1, 0.15) is 56.2 Å². The highest BCUT2D eigenvalue weighted by Gasteiger charge is 2.08. The summed E-state index contributed by atoms with van der Waals surface area (Å²) in [4.78, 5) is 0. The molecule has 0 radical (unpaired) electrons. The number of hydrogen-bond acceptors (Lipinski definition) is 2. The van der Waals surface area contributed by atoms with Crippen LogP contribution in [0, 0.1) is 5.92 Å². The van der Waals surface area contributed by atoms with Crippen molar-refractivity contribution in [3.05, 3.63) is 65.7 Å². The first-order valence-corrected chi connectivity index (χ1v) is 9.91. The number of methoxy groups -OCH3 is 1. The predicted octanol–water partition coefficient (Wildman–Crippen LogP) is 7.10. The van der Waals surface area contributed by atoms with Gasteiger partial charge >= 0.3 is 0 Å². The van der Waals surface area contributed by atoms with Gasteiger partial charge < -0.3 is 9.47 Å². The summed E-state index contributed by atoms with van der Waals surface area (Å²) in [7, 11) is 1.70. The van der Waals surface area contributed by atoms with Crippen LogP contribution >= 0.6 is 0 Å². The second-order valence-corrected chi connectivity index (χ2v) is 6.84. The predicted molar refractivity (Wildman–Crippen MR) is 117 cm³/mol. The van der Waals surface area contributed by atoms with Gasteiger partial charge in [-0.25, -0.2) is 0 Å². The standard InChI is InChI=1S/C25H32O2/c1-5-8-9-21(7-3)19-27-24-16-17-25(26-4)23(18-24)15-14-22-12-10-20(6-2)11-13-22/h6,10-18,21H,2,5,7-9,19H2,1,3-4H3/b15-14+. The first-order valence-electron chi connectivity index (χ1n) is 9.91. The molecule has 0 heterocycles. The average molecular weight is 365 g/mol. The summed E-state index contributed by atoms with van der Waals surface area (Å²) in [6.07, 6.45) is 10.9. The third-order valence-electron chi connectivity index (χ3n) is 4.86. The molecule has 0 saturated heterocycles. The van der Waals surface area contributed by atoms with E-state index in [0.29, 0.717) is 5.92 Å². The number of unbranched alkanes of at least 4 members (excludes halogenated alkanes) is 1. The summed E-state index contributed by atoms with van der Waals surface area (Å²) in [6, 6.07) is 14.3. The summed E-state index contributed by atoms with van der Waals surface area (Å²) in [5.41, 5.74) is 3.28. The maximum absolute atomic E-state index is 6.08. The Morgan fingerprint density at radius 1 is 1.00 bits per heavy atom. The fourth-order valence-electron chi connectivity index (χ4n) is 2.97. The molecule has 0 spiro atoms. The highest BCUT2D eigenvalue weighted by molar-refractivity contribution is 5.73. The molecular weight excluding hydrogens is 332 g/mol. The SMILES string of the molecule is C=Cc1ccc(/C=C/c2cc(OCC(CC)CCCC)ccc2OC)cc1. The Morgan fingerprint density at radius 3 is 2.37 bits per heavy atom. The minimum atomic E-state index is 0.620. The van der Waals surface area contributed by atoms with Crippen LogP contribution in [-0.2, 0) is 0 Å². The first-order chi connectivity index (χ1) is 13.2. The molecule has 27 heavy (non-hydrogen) atoms. The first kappa shape index (κ1) is 20.8. The lowest BCUT2D eigenvalue weighted by molar-refractivity contribution is 0.233. The van der Waals surface area contributed by atoms with Crippen molar-refractivity contribution in [2.45, 2.75) is 39.5 Å². The number of ether oxygens (including phenoxy) is 2. The molecule has 0 N–H and O–H groups in total. The van der Waals surface area contributed by atoms with Gasteiger partial charge in [-0.1, -0.05) is 82.2 Å². The van der Waals surface area contributed by atoms with E-state index in [1.165, 1.54) is 19.3 Å². The maximum atomic E-state index is 6.08. The van der Waals surface area contributed by atoms with Gasteiger partial charge in [-0.2, -0.15) is 0 Å². The number of benzene rings is 2. The van der Waals surface area contributed by atoms with Crippen LogP contribution in [0.2, 0.25) is 0 Å². The van der Waals surface area contributed by atoms with E-state index in [4.69, 9.17) is 9.47 Å². The van der Waals surface area contributed by atoms with Crippen molar-refractivity contribution >= 4 is 18.2 Å². The molecule has 1 unspecified atom stereocenters. The van der Waals surface area contributed by atoms with Gasteiger partial charge in [-0.15, -0.1) is 0 Å². The monoisotopic (exact) mass is 364 g/mol. The fraction of sp³-hybridized carbons (Fsp3) is 0.360. The number of rotatable bonds is 11. The maximum Gasteiger partial charge on any atom is 0.126 e. The van der Waals surface area contributed by atoms with Gasteiger partial charge in [0.05, 0.1) is 13.7 Å². The fourth-order valence-corrected chi connectivity index (χ4v) is 2.97. The van der Waals surface area contributed by atoms with Crippen molar-refractivity contribution in [2.75, 3.05) is 13.7 Å². The molecule has 0 bridgehead atoms. The smallest absolute Gasteiger partial charge is 0.126 e. The molecule has 0 aliphatic carbocycles. The van der Waals surface area contributed by atoms with Crippen LogP contribution in [-0.4, -0.2) is 13.7 Å². The zero-order chi connectivity index (χ0) is 19.5. The largest absolute Gasteiger partial charge is 0.496 e. The van der Waals surface area contributed by atoms with Crippen molar-refractivity contribution in [2.24, 2.45) is 5.92 Å². The van der Waals surface area contributed by atoms with Crippen molar-refractivity contribution in [1.29, 1.82) is 0 Å². The van der Waals surface area contributed by atoms with Crippen LogP contribution in [0.3, 0.4) is 0 Å². The van der Waals surface area contributed by atoms with Crippen molar-refractivity contribution in [3.63, 3.8) is 0 Å². The summed E-state index contributed by atoms with van der Waals surface area (Å²) < 4.78 is 11.6. The molecule has 0 amide bonds. The summed E-state index contributed by atoms with van der Waals surface area (Å²) >= 11 is 0. The van der Waals surface area contributed by atoms with Gasteiger partial charge in [0.1, 0.15) is 11.5 Å². The van der Waals surface area contributed by atoms with E-state index in [0.717, 1.165) is 41.2 Å². The Morgan fingerprint density at radius 2 is 1.74 bits per heavy atom. The average Bonchev–Trinajstić information content (AvgIpc) is 2.72. The van der Waals surface area contributed by atoms with E-state index < -0.39 is 0 Å². The molecule has 0 aromatic heterocycles. The number of hydrogen-bond donors (Lipinski definition) is 0. The van der Waals surface area contributed by atoms with E-state index in [-0.39, 0.29) is 0 Å². The van der Waals surface area contributed by atoms with E-state index in [2.05, 4.69) is 62.9 Å². The van der Waals surface area contributed by atoms with Gasteiger partial charge in [0.2, 0.25) is 0 Å².